The number of carbonyl (C=O) groups excluding carboxylic acids is 3. The molecule has 5 aliphatic rings. The lowest BCUT2D eigenvalue weighted by Crippen LogP contribution is -2.51. The van der Waals surface area contributed by atoms with E-state index in [4.69, 9.17) is 0 Å². The summed E-state index contributed by atoms with van der Waals surface area (Å²) in [4.78, 5) is 36.4. The molecule has 4 bridgehead atoms. The Morgan fingerprint density at radius 3 is 2.17 bits per heavy atom. The molecule has 3 amide bonds. The van der Waals surface area contributed by atoms with E-state index < -0.39 is 0 Å². The first-order chi connectivity index (χ1) is 11.5. The molecule has 1 aliphatic heterocycles. The van der Waals surface area contributed by atoms with Crippen molar-refractivity contribution in [3.8, 4) is 0 Å². The van der Waals surface area contributed by atoms with Gasteiger partial charge in [0.25, 0.3) is 11.8 Å². The Balaban J connectivity index is 1.41. The number of anilines is 1. The van der Waals surface area contributed by atoms with Crippen LogP contribution in [0.1, 0.15) is 59.2 Å². The number of imide groups is 1. The lowest BCUT2D eigenvalue weighted by atomic mass is 9.49. The molecule has 4 fully saturated rings. The van der Waals surface area contributed by atoms with E-state index in [-0.39, 0.29) is 23.1 Å². The van der Waals surface area contributed by atoms with Crippen LogP contribution >= 0.6 is 0 Å². The number of nitrogens with one attached hydrogen (secondary N) is 2. The van der Waals surface area contributed by atoms with Gasteiger partial charge in [-0.15, -0.1) is 0 Å². The number of fused-ring (bicyclic) bond motifs is 1. The summed E-state index contributed by atoms with van der Waals surface area (Å²) in [7, 11) is 0. The molecule has 124 valence electrons. The third-order valence-electron chi connectivity index (χ3n) is 6.51. The van der Waals surface area contributed by atoms with Crippen LogP contribution in [0.15, 0.2) is 18.2 Å². The van der Waals surface area contributed by atoms with Gasteiger partial charge in [-0.2, -0.15) is 0 Å². The zero-order valence-corrected chi connectivity index (χ0v) is 13.4. The predicted octanol–water partition coefficient (Wildman–Crippen LogP) is 2.73. The lowest BCUT2D eigenvalue weighted by Gasteiger charge is -2.55. The minimum atomic E-state index is -0.388. The van der Waals surface area contributed by atoms with Crippen molar-refractivity contribution in [1.29, 1.82) is 0 Å². The van der Waals surface area contributed by atoms with E-state index in [1.807, 2.05) is 0 Å². The van der Waals surface area contributed by atoms with E-state index in [9.17, 15) is 14.4 Å². The van der Waals surface area contributed by atoms with Gasteiger partial charge < -0.3 is 5.32 Å². The van der Waals surface area contributed by atoms with Crippen LogP contribution in [0.25, 0.3) is 0 Å². The number of benzene rings is 1. The summed E-state index contributed by atoms with van der Waals surface area (Å²) >= 11 is 0. The molecule has 2 N–H and O–H groups in total. The molecule has 0 spiro atoms. The fourth-order valence-electron chi connectivity index (χ4n) is 5.90. The summed E-state index contributed by atoms with van der Waals surface area (Å²) in [5.74, 6) is 1.49. The highest BCUT2D eigenvalue weighted by molar-refractivity contribution is 6.22. The van der Waals surface area contributed by atoms with E-state index in [1.165, 1.54) is 19.3 Å². The van der Waals surface area contributed by atoms with Gasteiger partial charge in [-0.3, -0.25) is 19.7 Å². The maximum Gasteiger partial charge on any atom is 0.259 e. The molecule has 0 saturated heterocycles. The maximum atomic E-state index is 13.0. The summed E-state index contributed by atoms with van der Waals surface area (Å²) in [5, 5.41) is 5.31. The first-order valence-corrected chi connectivity index (χ1v) is 8.84. The minimum Gasteiger partial charge on any atom is -0.326 e. The second-order valence-corrected chi connectivity index (χ2v) is 8.20. The number of amides is 3. The van der Waals surface area contributed by atoms with Gasteiger partial charge in [0.1, 0.15) is 0 Å². The fourth-order valence-corrected chi connectivity index (χ4v) is 5.90. The van der Waals surface area contributed by atoms with Gasteiger partial charge in [-0.05, 0) is 74.5 Å². The zero-order valence-electron chi connectivity index (χ0n) is 13.4. The van der Waals surface area contributed by atoms with E-state index >= 15 is 0 Å². The van der Waals surface area contributed by atoms with Crippen molar-refractivity contribution in [1.82, 2.24) is 5.32 Å². The van der Waals surface area contributed by atoms with E-state index in [2.05, 4.69) is 10.6 Å². The van der Waals surface area contributed by atoms with E-state index in [1.54, 1.807) is 18.2 Å². The van der Waals surface area contributed by atoms with Crippen LogP contribution in [0.4, 0.5) is 5.69 Å². The van der Waals surface area contributed by atoms with Crippen molar-refractivity contribution in [3.63, 3.8) is 0 Å². The monoisotopic (exact) mass is 324 g/mol. The average Bonchev–Trinajstić information content (AvgIpc) is 2.80. The average molecular weight is 324 g/mol. The van der Waals surface area contributed by atoms with Gasteiger partial charge in [0.2, 0.25) is 5.91 Å². The third kappa shape index (κ3) is 1.96. The van der Waals surface area contributed by atoms with E-state index in [0.29, 0.717) is 34.6 Å². The van der Waals surface area contributed by atoms with Crippen LogP contribution in [0.3, 0.4) is 0 Å². The smallest absolute Gasteiger partial charge is 0.259 e. The maximum absolute atomic E-state index is 13.0. The predicted molar refractivity (Wildman–Crippen MR) is 87.5 cm³/mol. The zero-order chi connectivity index (χ0) is 16.5. The largest absolute Gasteiger partial charge is 0.326 e. The molecule has 0 aromatic heterocycles. The highest BCUT2D eigenvalue weighted by Crippen LogP contribution is 2.60. The summed E-state index contributed by atoms with van der Waals surface area (Å²) in [6.45, 7) is 0. The van der Waals surface area contributed by atoms with Crippen molar-refractivity contribution in [2.45, 2.75) is 38.5 Å². The second kappa shape index (κ2) is 4.68. The quantitative estimate of drug-likeness (QED) is 0.821. The Morgan fingerprint density at radius 2 is 1.54 bits per heavy atom. The fraction of sp³-hybridized carbons (Fsp3) is 0.526. The molecule has 24 heavy (non-hydrogen) atoms. The standard InChI is InChI=1S/C19H20N2O3/c22-16-14-2-1-13(6-15(14)17(23)21-16)20-18(24)19-7-10-3-11(8-19)5-12(4-10)9-19/h1-2,6,10-12H,3-5,7-9H2,(H,20,24)(H,21,22,23). The van der Waals surface area contributed by atoms with Gasteiger partial charge >= 0.3 is 0 Å². The molecule has 1 heterocycles. The second-order valence-electron chi connectivity index (χ2n) is 8.20. The topological polar surface area (TPSA) is 75.3 Å². The molecule has 0 unspecified atom stereocenters. The normalized spacial score (nSPS) is 35.8. The van der Waals surface area contributed by atoms with Gasteiger partial charge in [0, 0.05) is 5.69 Å². The van der Waals surface area contributed by atoms with Crippen LogP contribution in [0, 0.1) is 23.2 Å². The lowest BCUT2D eigenvalue weighted by molar-refractivity contribution is -0.140. The molecule has 0 radical (unpaired) electrons. The van der Waals surface area contributed by atoms with Crippen LogP contribution < -0.4 is 10.6 Å². The molecule has 0 atom stereocenters. The van der Waals surface area contributed by atoms with Crippen LogP contribution in [-0.4, -0.2) is 17.7 Å². The van der Waals surface area contributed by atoms with Gasteiger partial charge in [0.15, 0.2) is 0 Å². The summed E-state index contributed by atoms with van der Waals surface area (Å²) < 4.78 is 0. The first-order valence-electron chi connectivity index (χ1n) is 8.84. The highest BCUT2D eigenvalue weighted by atomic mass is 16.2. The molecule has 4 saturated carbocycles. The van der Waals surface area contributed by atoms with Crippen LogP contribution in [0.2, 0.25) is 0 Å². The van der Waals surface area contributed by atoms with Crippen molar-refractivity contribution in [3.05, 3.63) is 29.3 Å². The van der Waals surface area contributed by atoms with Crippen molar-refractivity contribution >= 4 is 23.4 Å². The highest BCUT2D eigenvalue weighted by Gasteiger charge is 2.54. The molecule has 4 aliphatic carbocycles. The summed E-state index contributed by atoms with van der Waals surface area (Å²) in [5.41, 5.74) is 1.13. The molecule has 1 aromatic rings. The first kappa shape index (κ1) is 14.2. The molecular weight excluding hydrogens is 304 g/mol. The molecular formula is C19H20N2O3. The molecule has 6 rings (SSSR count). The SMILES string of the molecule is O=C1NC(=O)c2cc(NC(=O)C34CC5CC(CC(C5)C3)C4)ccc21. The Morgan fingerprint density at radius 1 is 0.958 bits per heavy atom. The third-order valence-corrected chi connectivity index (χ3v) is 6.51. The number of carbonyl (C=O) groups is 3. The van der Waals surface area contributed by atoms with Gasteiger partial charge in [-0.1, -0.05) is 0 Å². The Hall–Kier alpha value is -2.17. The molecule has 5 nitrogen and oxygen atoms in total. The Labute approximate surface area is 140 Å². The van der Waals surface area contributed by atoms with Gasteiger partial charge in [-0.25, -0.2) is 0 Å². The van der Waals surface area contributed by atoms with Crippen molar-refractivity contribution in [2.75, 3.05) is 5.32 Å². The molecule has 1 aromatic carbocycles. The number of hydrogen-bond acceptors (Lipinski definition) is 3. The minimum absolute atomic E-state index is 0.103. The molecule has 5 heteroatoms. The summed E-state index contributed by atoms with van der Waals surface area (Å²) in [6.07, 6.45) is 6.92. The Bertz CT molecular complexity index is 748. The van der Waals surface area contributed by atoms with Crippen molar-refractivity contribution < 1.29 is 14.4 Å². The Kier molecular flexibility index (Phi) is 2.77. The van der Waals surface area contributed by atoms with Gasteiger partial charge in [0.05, 0.1) is 16.5 Å². The summed E-state index contributed by atoms with van der Waals surface area (Å²) in [6, 6.07) is 4.95. The van der Waals surface area contributed by atoms with Crippen molar-refractivity contribution in [2.24, 2.45) is 23.2 Å². The number of hydrogen-bond donors (Lipinski definition) is 2. The van der Waals surface area contributed by atoms with Crippen LogP contribution in [-0.2, 0) is 4.79 Å². The van der Waals surface area contributed by atoms with Crippen LogP contribution in [0.5, 0.6) is 0 Å². The van der Waals surface area contributed by atoms with E-state index in [0.717, 1.165) is 19.3 Å². The number of rotatable bonds is 2.